The second-order valence-electron chi connectivity index (χ2n) is 8.19. The number of Topliss-reactive ketones (excluding diaryl/α,β-unsaturated/α-hetero) is 1. The van der Waals surface area contributed by atoms with Gasteiger partial charge in [0, 0.05) is 18.8 Å². The second kappa shape index (κ2) is 7.68. The van der Waals surface area contributed by atoms with E-state index in [-0.39, 0.29) is 0 Å². The maximum Gasteiger partial charge on any atom is 0.137 e. The Morgan fingerprint density at radius 2 is 1.78 bits per heavy atom. The first kappa shape index (κ1) is 18.0. The number of hydrogen-bond donors (Lipinski definition) is 0. The van der Waals surface area contributed by atoms with Crippen molar-refractivity contribution in [2.45, 2.75) is 46.0 Å². The number of carbonyl (C=O) groups excluding carboxylic acids is 1. The fraction of sp³-hybridized carbons (Fsp3) is 0.346. The molecule has 27 heavy (non-hydrogen) atoms. The molecule has 0 amide bonds. The van der Waals surface area contributed by atoms with Gasteiger partial charge in [0.15, 0.2) is 0 Å². The van der Waals surface area contributed by atoms with Crippen molar-refractivity contribution >= 4 is 11.4 Å². The van der Waals surface area contributed by atoms with E-state index in [2.05, 4.69) is 74.5 Å². The first-order chi connectivity index (χ1) is 13.1. The van der Waals surface area contributed by atoms with Gasteiger partial charge in [-0.2, -0.15) is 0 Å². The summed E-state index contributed by atoms with van der Waals surface area (Å²) in [4.78, 5) is 12.6. The number of allylic oxidation sites excluding steroid dienone is 4. The SMILES string of the molecule is Cc1ccc(CC(=O)CCC2=CC=C(c3ccccc3)C2C2CC2)c(C)c1. The van der Waals surface area contributed by atoms with Crippen LogP contribution < -0.4 is 0 Å². The van der Waals surface area contributed by atoms with Crippen LogP contribution in [-0.4, -0.2) is 5.78 Å². The minimum atomic E-state index is 0.352. The van der Waals surface area contributed by atoms with Gasteiger partial charge in [-0.1, -0.05) is 71.8 Å². The molecule has 0 bridgehead atoms. The quantitative estimate of drug-likeness (QED) is 0.573. The van der Waals surface area contributed by atoms with E-state index < -0.39 is 0 Å². The number of benzene rings is 2. The molecule has 0 aliphatic heterocycles. The number of rotatable bonds is 7. The molecule has 0 spiro atoms. The summed E-state index contributed by atoms with van der Waals surface area (Å²) in [5.41, 5.74) is 7.91. The average molecular weight is 357 g/mol. The lowest BCUT2D eigenvalue weighted by molar-refractivity contribution is -0.118. The molecule has 2 aliphatic rings. The Morgan fingerprint density at radius 1 is 1.00 bits per heavy atom. The zero-order valence-electron chi connectivity index (χ0n) is 16.4. The first-order valence-electron chi connectivity index (χ1n) is 10.2. The number of aryl methyl sites for hydroxylation is 2. The molecule has 1 saturated carbocycles. The molecule has 0 radical (unpaired) electrons. The highest BCUT2D eigenvalue weighted by Gasteiger charge is 2.37. The number of ketones is 1. The zero-order valence-corrected chi connectivity index (χ0v) is 16.4. The summed E-state index contributed by atoms with van der Waals surface area (Å²) in [7, 11) is 0. The predicted octanol–water partition coefficient (Wildman–Crippen LogP) is 6.25. The molecule has 138 valence electrons. The molecule has 2 aromatic carbocycles. The van der Waals surface area contributed by atoms with Crippen LogP contribution in [0.25, 0.3) is 5.57 Å². The van der Waals surface area contributed by atoms with E-state index >= 15 is 0 Å². The van der Waals surface area contributed by atoms with Gasteiger partial charge < -0.3 is 0 Å². The van der Waals surface area contributed by atoms with Crippen molar-refractivity contribution in [3.05, 3.63) is 88.5 Å². The van der Waals surface area contributed by atoms with Crippen molar-refractivity contribution in [1.29, 1.82) is 0 Å². The summed E-state index contributed by atoms with van der Waals surface area (Å²) in [5, 5.41) is 0. The van der Waals surface area contributed by atoms with Crippen molar-refractivity contribution in [3.8, 4) is 0 Å². The minimum Gasteiger partial charge on any atom is -0.299 e. The fourth-order valence-corrected chi connectivity index (χ4v) is 4.36. The summed E-state index contributed by atoms with van der Waals surface area (Å²) in [6.45, 7) is 4.20. The topological polar surface area (TPSA) is 17.1 Å². The second-order valence-corrected chi connectivity index (χ2v) is 8.19. The Bertz CT molecular complexity index is 897. The van der Waals surface area contributed by atoms with Crippen LogP contribution >= 0.6 is 0 Å². The Morgan fingerprint density at radius 3 is 2.48 bits per heavy atom. The van der Waals surface area contributed by atoms with E-state index in [1.165, 1.54) is 46.2 Å². The van der Waals surface area contributed by atoms with Crippen LogP contribution in [0.4, 0.5) is 0 Å². The third-order valence-corrected chi connectivity index (χ3v) is 5.99. The average Bonchev–Trinajstić information content (AvgIpc) is 3.42. The highest BCUT2D eigenvalue weighted by molar-refractivity contribution is 5.82. The Balaban J connectivity index is 1.39. The smallest absolute Gasteiger partial charge is 0.137 e. The Labute approximate surface area is 162 Å². The van der Waals surface area contributed by atoms with Gasteiger partial charge in [-0.05, 0) is 61.3 Å². The van der Waals surface area contributed by atoms with E-state index in [4.69, 9.17) is 0 Å². The molecule has 0 N–H and O–H groups in total. The lowest BCUT2D eigenvalue weighted by atomic mass is 9.84. The van der Waals surface area contributed by atoms with Crippen molar-refractivity contribution in [2.24, 2.45) is 11.8 Å². The van der Waals surface area contributed by atoms with Crippen LogP contribution in [0, 0.1) is 25.7 Å². The Kier molecular flexibility index (Phi) is 5.11. The first-order valence-corrected chi connectivity index (χ1v) is 10.2. The van der Waals surface area contributed by atoms with Crippen LogP contribution in [-0.2, 0) is 11.2 Å². The summed E-state index contributed by atoms with van der Waals surface area (Å²) in [5.74, 6) is 1.66. The van der Waals surface area contributed by atoms with Crippen LogP contribution in [0.2, 0.25) is 0 Å². The van der Waals surface area contributed by atoms with E-state index in [0.29, 0.717) is 24.5 Å². The summed E-state index contributed by atoms with van der Waals surface area (Å²) in [6.07, 6.45) is 9.34. The zero-order chi connectivity index (χ0) is 18.8. The van der Waals surface area contributed by atoms with Gasteiger partial charge in [0.25, 0.3) is 0 Å². The molecule has 1 heteroatoms. The van der Waals surface area contributed by atoms with Crippen molar-refractivity contribution in [1.82, 2.24) is 0 Å². The van der Waals surface area contributed by atoms with Gasteiger partial charge >= 0.3 is 0 Å². The normalized spacial score (nSPS) is 19.0. The molecule has 4 rings (SSSR count). The van der Waals surface area contributed by atoms with Gasteiger partial charge in [0.1, 0.15) is 5.78 Å². The standard InChI is InChI=1S/C26H28O/c1-18-8-9-23(19(2)16-18)17-24(27)14-12-22-13-15-25(26(22)21-10-11-21)20-6-4-3-5-7-20/h3-9,13,15-16,21,26H,10-12,14,17H2,1-2H3. The molecule has 1 atom stereocenters. The van der Waals surface area contributed by atoms with E-state index in [1.54, 1.807) is 0 Å². The van der Waals surface area contributed by atoms with Gasteiger partial charge in [-0.3, -0.25) is 4.79 Å². The van der Waals surface area contributed by atoms with Crippen molar-refractivity contribution < 1.29 is 4.79 Å². The Hall–Kier alpha value is -2.41. The summed E-state index contributed by atoms with van der Waals surface area (Å²) < 4.78 is 0. The van der Waals surface area contributed by atoms with Crippen molar-refractivity contribution in [2.75, 3.05) is 0 Å². The lowest BCUT2D eigenvalue weighted by Crippen LogP contribution is -2.10. The number of carbonyl (C=O) groups is 1. The van der Waals surface area contributed by atoms with E-state index in [9.17, 15) is 4.79 Å². The van der Waals surface area contributed by atoms with Gasteiger partial charge in [-0.25, -0.2) is 0 Å². The largest absolute Gasteiger partial charge is 0.299 e. The molecular formula is C26H28O. The van der Waals surface area contributed by atoms with Gasteiger partial charge in [0.2, 0.25) is 0 Å². The molecule has 2 aromatic rings. The maximum absolute atomic E-state index is 12.6. The fourth-order valence-electron chi connectivity index (χ4n) is 4.36. The predicted molar refractivity (Wildman–Crippen MR) is 113 cm³/mol. The molecule has 1 unspecified atom stereocenters. The third kappa shape index (κ3) is 4.13. The van der Waals surface area contributed by atoms with Gasteiger partial charge in [-0.15, -0.1) is 0 Å². The molecule has 0 saturated heterocycles. The lowest BCUT2D eigenvalue weighted by Gasteiger charge is -2.19. The maximum atomic E-state index is 12.6. The monoisotopic (exact) mass is 356 g/mol. The molecule has 2 aliphatic carbocycles. The molecule has 0 heterocycles. The molecular weight excluding hydrogens is 328 g/mol. The summed E-state index contributed by atoms with van der Waals surface area (Å²) in [6, 6.07) is 17.1. The molecule has 1 nitrogen and oxygen atoms in total. The van der Waals surface area contributed by atoms with Crippen LogP contribution in [0.3, 0.4) is 0 Å². The highest BCUT2D eigenvalue weighted by atomic mass is 16.1. The van der Waals surface area contributed by atoms with E-state index in [1.807, 2.05) is 0 Å². The van der Waals surface area contributed by atoms with Crippen LogP contribution in [0.5, 0.6) is 0 Å². The molecule has 0 aromatic heterocycles. The van der Waals surface area contributed by atoms with E-state index in [0.717, 1.165) is 12.3 Å². The van der Waals surface area contributed by atoms with Gasteiger partial charge in [0.05, 0.1) is 0 Å². The highest BCUT2D eigenvalue weighted by Crippen LogP contribution is 2.50. The minimum absolute atomic E-state index is 0.352. The molecule has 1 fully saturated rings. The van der Waals surface area contributed by atoms with Crippen LogP contribution in [0.1, 0.15) is 47.9 Å². The summed E-state index contributed by atoms with van der Waals surface area (Å²) >= 11 is 0. The third-order valence-electron chi connectivity index (χ3n) is 5.99. The van der Waals surface area contributed by atoms with Crippen molar-refractivity contribution in [3.63, 3.8) is 0 Å². The van der Waals surface area contributed by atoms with Crippen LogP contribution in [0.15, 0.2) is 66.3 Å². The number of hydrogen-bond acceptors (Lipinski definition) is 1.